The van der Waals surface area contributed by atoms with E-state index in [0.717, 1.165) is 6.42 Å². The highest BCUT2D eigenvalue weighted by molar-refractivity contribution is 7.91. The number of rotatable bonds is 3. The molecule has 0 aliphatic heterocycles. The molecule has 6 heteroatoms. The zero-order chi connectivity index (χ0) is 14.9. The zero-order valence-electron chi connectivity index (χ0n) is 11.1. The molecule has 0 bridgehead atoms. The Morgan fingerprint density at radius 1 is 1.25 bits per heavy atom. The molecule has 1 saturated carbocycles. The number of benzene rings is 1. The summed E-state index contributed by atoms with van der Waals surface area (Å²) in [6, 6.07) is 4.77. The SMILES string of the molecule is CS(=O)(=O)C1CCCC(C(=O)c2ccc(Cl)cc2Cl)C1. The molecule has 0 amide bonds. The summed E-state index contributed by atoms with van der Waals surface area (Å²) in [6.07, 6.45) is 3.72. The Morgan fingerprint density at radius 3 is 2.55 bits per heavy atom. The number of Topliss-reactive ketones (excluding diaryl/α,β-unsaturated/α-hetero) is 1. The maximum atomic E-state index is 12.5. The highest BCUT2D eigenvalue weighted by atomic mass is 35.5. The summed E-state index contributed by atoms with van der Waals surface area (Å²) in [6.45, 7) is 0. The lowest BCUT2D eigenvalue weighted by Crippen LogP contribution is -2.31. The molecule has 0 heterocycles. The minimum Gasteiger partial charge on any atom is -0.294 e. The second-order valence-corrected chi connectivity index (χ2v) is 8.47. The first-order chi connectivity index (χ1) is 9.29. The number of sulfone groups is 1. The normalized spacial score (nSPS) is 23.6. The van der Waals surface area contributed by atoms with Gasteiger partial charge in [0.15, 0.2) is 5.78 Å². The molecule has 0 saturated heterocycles. The van der Waals surface area contributed by atoms with Crippen molar-refractivity contribution in [3.8, 4) is 0 Å². The highest BCUT2D eigenvalue weighted by Crippen LogP contribution is 2.33. The third kappa shape index (κ3) is 3.54. The molecule has 1 aliphatic rings. The number of carbonyl (C=O) groups excluding carboxylic acids is 1. The van der Waals surface area contributed by atoms with Gasteiger partial charge in [-0.25, -0.2) is 8.42 Å². The van der Waals surface area contributed by atoms with Gasteiger partial charge in [-0.05, 0) is 37.5 Å². The van der Waals surface area contributed by atoms with Crippen LogP contribution < -0.4 is 0 Å². The van der Waals surface area contributed by atoms with E-state index in [2.05, 4.69) is 0 Å². The minimum absolute atomic E-state index is 0.0833. The van der Waals surface area contributed by atoms with E-state index in [1.165, 1.54) is 12.3 Å². The molecule has 0 aromatic heterocycles. The molecule has 110 valence electrons. The van der Waals surface area contributed by atoms with E-state index in [4.69, 9.17) is 23.2 Å². The Kier molecular flexibility index (Phi) is 4.77. The third-order valence-corrected chi connectivity index (χ3v) is 5.99. The first kappa shape index (κ1) is 15.8. The van der Waals surface area contributed by atoms with Crippen LogP contribution in [0, 0.1) is 5.92 Å². The fourth-order valence-corrected chi connectivity index (χ4v) is 4.36. The van der Waals surface area contributed by atoms with E-state index >= 15 is 0 Å². The Bertz CT molecular complexity index is 625. The average molecular weight is 335 g/mol. The van der Waals surface area contributed by atoms with Crippen molar-refractivity contribution >= 4 is 38.8 Å². The van der Waals surface area contributed by atoms with Crippen LogP contribution in [0.1, 0.15) is 36.0 Å². The van der Waals surface area contributed by atoms with Gasteiger partial charge in [0.05, 0.1) is 10.3 Å². The van der Waals surface area contributed by atoms with E-state index in [0.29, 0.717) is 34.9 Å². The quantitative estimate of drug-likeness (QED) is 0.790. The van der Waals surface area contributed by atoms with E-state index in [1.807, 2.05) is 0 Å². The van der Waals surface area contributed by atoms with Gasteiger partial charge in [0.25, 0.3) is 0 Å². The molecule has 1 aliphatic carbocycles. The van der Waals surface area contributed by atoms with Crippen LogP contribution in [0.2, 0.25) is 10.0 Å². The molecule has 1 aromatic carbocycles. The van der Waals surface area contributed by atoms with Crippen molar-refractivity contribution in [2.75, 3.05) is 6.26 Å². The Labute approximate surface area is 129 Å². The second kappa shape index (κ2) is 6.04. The molecule has 2 rings (SSSR count). The molecular weight excluding hydrogens is 319 g/mol. The summed E-state index contributed by atoms with van der Waals surface area (Å²) < 4.78 is 23.3. The van der Waals surface area contributed by atoms with Gasteiger partial charge in [-0.2, -0.15) is 0 Å². The van der Waals surface area contributed by atoms with Gasteiger partial charge in [0, 0.05) is 22.8 Å². The summed E-state index contributed by atoms with van der Waals surface area (Å²) in [4.78, 5) is 12.5. The lowest BCUT2D eigenvalue weighted by atomic mass is 9.83. The first-order valence-electron chi connectivity index (χ1n) is 6.47. The lowest BCUT2D eigenvalue weighted by molar-refractivity contribution is 0.0891. The summed E-state index contributed by atoms with van der Waals surface area (Å²) >= 11 is 11.9. The molecule has 1 fully saturated rings. The molecule has 0 radical (unpaired) electrons. The Hall–Kier alpha value is -0.580. The van der Waals surface area contributed by atoms with Crippen LogP contribution in [0.3, 0.4) is 0 Å². The fourth-order valence-electron chi connectivity index (χ4n) is 2.68. The molecule has 3 nitrogen and oxygen atoms in total. The van der Waals surface area contributed by atoms with Crippen molar-refractivity contribution in [1.29, 1.82) is 0 Å². The van der Waals surface area contributed by atoms with Gasteiger partial charge in [-0.3, -0.25) is 4.79 Å². The molecular formula is C14H16Cl2O3S. The molecule has 0 spiro atoms. The second-order valence-electron chi connectivity index (χ2n) is 5.30. The van der Waals surface area contributed by atoms with Crippen LogP contribution in [0.4, 0.5) is 0 Å². The van der Waals surface area contributed by atoms with Crippen LogP contribution in [-0.2, 0) is 9.84 Å². The van der Waals surface area contributed by atoms with Crippen molar-refractivity contribution in [1.82, 2.24) is 0 Å². The molecule has 1 aromatic rings. The van der Waals surface area contributed by atoms with Gasteiger partial charge >= 0.3 is 0 Å². The average Bonchev–Trinajstić information content (AvgIpc) is 2.37. The Morgan fingerprint density at radius 2 is 1.95 bits per heavy atom. The zero-order valence-corrected chi connectivity index (χ0v) is 13.4. The maximum Gasteiger partial charge on any atom is 0.167 e. The predicted octanol–water partition coefficient (Wildman–Crippen LogP) is 3.78. The van der Waals surface area contributed by atoms with Crippen LogP contribution >= 0.6 is 23.2 Å². The van der Waals surface area contributed by atoms with Gasteiger partial charge < -0.3 is 0 Å². The van der Waals surface area contributed by atoms with Crippen molar-refractivity contribution in [2.24, 2.45) is 5.92 Å². The van der Waals surface area contributed by atoms with Crippen LogP contribution in [0.5, 0.6) is 0 Å². The maximum absolute atomic E-state index is 12.5. The highest BCUT2D eigenvalue weighted by Gasteiger charge is 2.33. The number of ketones is 1. The number of hydrogen-bond donors (Lipinski definition) is 0. The monoisotopic (exact) mass is 334 g/mol. The fraction of sp³-hybridized carbons (Fsp3) is 0.500. The van der Waals surface area contributed by atoms with Gasteiger partial charge in [0.1, 0.15) is 9.84 Å². The first-order valence-corrected chi connectivity index (χ1v) is 9.18. The van der Waals surface area contributed by atoms with Crippen LogP contribution in [0.15, 0.2) is 18.2 Å². The van der Waals surface area contributed by atoms with Crippen LogP contribution in [0.25, 0.3) is 0 Å². The standard InChI is InChI=1S/C14H16Cl2O3S/c1-20(18,19)11-4-2-3-9(7-11)14(17)12-6-5-10(15)8-13(12)16/h5-6,8-9,11H,2-4,7H2,1H3. The number of carbonyl (C=O) groups is 1. The smallest absolute Gasteiger partial charge is 0.167 e. The molecule has 2 unspecified atom stereocenters. The van der Waals surface area contributed by atoms with E-state index in [-0.39, 0.29) is 11.7 Å². The van der Waals surface area contributed by atoms with Crippen molar-refractivity contribution < 1.29 is 13.2 Å². The summed E-state index contributed by atoms with van der Waals surface area (Å²) in [7, 11) is -3.10. The molecule has 2 atom stereocenters. The summed E-state index contributed by atoms with van der Waals surface area (Å²) in [5.74, 6) is -0.359. The molecule has 20 heavy (non-hydrogen) atoms. The van der Waals surface area contributed by atoms with E-state index in [9.17, 15) is 13.2 Å². The predicted molar refractivity (Wildman–Crippen MR) is 81.4 cm³/mol. The van der Waals surface area contributed by atoms with Crippen LogP contribution in [-0.4, -0.2) is 25.7 Å². The van der Waals surface area contributed by atoms with Crippen molar-refractivity contribution in [2.45, 2.75) is 30.9 Å². The lowest BCUT2D eigenvalue weighted by Gasteiger charge is -2.27. The number of hydrogen-bond acceptors (Lipinski definition) is 3. The van der Waals surface area contributed by atoms with Gasteiger partial charge in [0.2, 0.25) is 0 Å². The summed E-state index contributed by atoms with van der Waals surface area (Å²) in [5, 5.41) is 0.379. The van der Waals surface area contributed by atoms with E-state index < -0.39 is 15.1 Å². The largest absolute Gasteiger partial charge is 0.294 e. The number of halogens is 2. The van der Waals surface area contributed by atoms with Crippen molar-refractivity contribution in [3.63, 3.8) is 0 Å². The van der Waals surface area contributed by atoms with Gasteiger partial charge in [-0.15, -0.1) is 0 Å². The van der Waals surface area contributed by atoms with Crippen molar-refractivity contribution in [3.05, 3.63) is 33.8 Å². The van der Waals surface area contributed by atoms with E-state index in [1.54, 1.807) is 12.1 Å². The third-order valence-electron chi connectivity index (χ3n) is 3.80. The Balaban J connectivity index is 2.21. The summed E-state index contributed by atoms with van der Waals surface area (Å²) in [5.41, 5.74) is 0.426. The minimum atomic E-state index is -3.10. The molecule has 0 N–H and O–H groups in total. The van der Waals surface area contributed by atoms with Gasteiger partial charge in [-0.1, -0.05) is 29.6 Å². The topological polar surface area (TPSA) is 51.2 Å².